The van der Waals surface area contributed by atoms with Crippen LogP contribution in [0.5, 0.6) is 0 Å². The van der Waals surface area contributed by atoms with Gasteiger partial charge in [0.2, 0.25) is 0 Å². The van der Waals surface area contributed by atoms with E-state index in [9.17, 15) is 0 Å². The van der Waals surface area contributed by atoms with E-state index in [0.717, 1.165) is 38.0 Å². The summed E-state index contributed by atoms with van der Waals surface area (Å²) in [6, 6.07) is -0.308. The van der Waals surface area contributed by atoms with E-state index >= 15 is 0 Å². The van der Waals surface area contributed by atoms with E-state index in [1.807, 2.05) is 64.6 Å². The number of nitrogens with one attached hydrogen (secondary N) is 4. The van der Waals surface area contributed by atoms with Gasteiger partial charge in [-0.05, 0) is 53.9 Å². The Bertz CT molecular complexity index is 1090. The molecule has 1 aromatic heterocycles. The first-order valence-electron chi connectivity index (χ1n) is 10.3. The summed E-state index contributed by atoms with van der Waals surface area (Å²) in [6.07, 6.45) is 14.5. The van der Waals surface area contributed by atoms with Gasteiger partial charge < -0.3 is 32.8 Å². The number of nitrogens with zero attached hydrogens (tertiary/aromatic N) is 2. The Morgan fingerprint density at radius 1 is 1.31 bits per heavy atom. The molecule has 3 heterocycles. The molecule has 2 aliphatic heterocycles. The zero-order valence-electron chi connectivity index (χ0n) is 18.7. The highest BCUT2D eigenvalue weighted by molar-refractivity contribution is 7.11. The molecule has 0 fully saturated rings. The van der Waals surface area contributed by atoms with Crippen LogP contribution in [-0.2, 0) is 0 Å². The quantitative estimate of drug-likeness (QED) is 0.266. The number of aliphatic imine (C=N–C) groups is 1. The zero-order valence-corrected chi connectivity index (χ0v) is 19.5. The number of hydrogen-bond donors (Lipinski definition) is 6. The predicted octanol–water partition coefficient (Wildman–Crippen LogP) is 2.84. The predicted molar refractivity (Wildman–Crippen MR) is 133 cm³/mol. The number of aromatic nitrogens is 1. The molecule has 0 radical (unpaired) electrons. The highest BCUT2D eigenvalue weighted by Crippen LogP contribution is 2.31. The van der Waals surface area contributed by atoms with E-state index in [0.29, 0.717) is 11.7 Å². The van der Waals surface area contributed by atoms with Crippen LogP contribution in [-0.4, -0.2) is 24.1 Å². The van der Waals surface area contributed by atoms with Crippen molar-refractivity contribution in [1.29, 1.82) is 5.41 Å². The maximum Gasteiger partial charge on any atom is 0.132 e. The van der Waals surface area contributed by atoms with Crippen molar-refractivity contribution in [3.63, 3.8) is 0 Å². The van der Waals surface area contributed by atoms with E-state index in [1.54, 1.807) is 17.4 Å². The number of fused-ring (bicyclic) bond motifs is 1. The van der Waals surface area contributed by atoms with E-state index in [1.165, 1.54) is 6.21 Å². The summed E-state index contributed by atoms with van der Waals surface area (Å²) in [5.41, 5.74) is 17.2. The maximum absolute atomic E-state index is 7.53. The molecule has 0 amide bonds. The Hall–Kier alpha value is -3.43. The first kappa shape index (κ1) is 23.2. The molecular formula is C23H30N8S. The highest BCUT2D eigenvalue weighted by Gasteiger charge is 2.22. The van der Waals surface area contributed by atoms with E-state index in [-0.39, 0.29) is 12.0 Å². The summed E-state index contributed by atoms with van der Waals surface area (Å²) in [6.45, 7) is 5.99. The van der Waals surface area contributed by atoms with Crippen LogP contribution < -0.4 is 27.4 Å². The topological polar surface area (TPSA) is 137 Å². The van der Waals surface area contributed by atoms with Gasteiger partial charge in [0.25, 0.3) is 0 Å². The molecule has 0 spiro atoms. The van der Waals surface area contributed by atoms with Crippen LogP contribution in [0.4, 0.5) is 0 Å². The number of amidine groups is 1. The minimum atomic E-state index is -0.308. The monoisotopic (exact) mass is 450 g/mol. The van der Waals surface area contributed by atoms with Gasteiger partial charge in [-0.3, -0.25) is 0 Å². The minimum absolute atomic E-state index is 0.197. The summed E-state index contributed by atoms with van der Waals surface area (Å²) in [4.78, 5) is 9.79. The number of dihydropyridines is 2. The molecule has 0 aliphatic carbocycles. The highest BCUT2D eigenvalue weighted by atomic mass is 32.1. The molecule has 1 unspecified atom stereocenters. The molecule has 8 nitrogen and oxygen atoms in total. The second-order valence-corrected chi connectivity index (χ2v) is 8.95. The number of nitrogens with two attached hydrogens (primary N) is 2. The Morgan fingerprint density at radius 3 is 2.72 bits per heavy atom. The SMILES string of the molecule is CN/C=C(/C1=CNC2=CC=C(N=C(N)C=C(C=N)C(C)C)NC2=C1)C(N)c1cnc(C)s1. The van der Waals surface area contributed by atoms with Crippen molar-refractivity contribution in [2.45, 2.75) is 26.8 Å². The third-order valence-electron chi connectivity index (χ3n) is 4.96. The van der Waals surface area contributed by atoms with Crippen LogP contribution in [0.3, 0.4) is 0 Å². The Balaban J connectivity index is 1.84. The largest absolute Gasteiger partial charge is 0.394 e. The van der Waals surface area contributed by atoms with Crippen molar-refractivity contribution in [2.75, 3.05) is 7.05 Å². The van der Waals surface area contributed by atoms with Crippen LogP contribution in [0, 0.1) is 18.3 Å². The molecule has 0 bridgehead atoms. The lowest BCUT2D eigenvalue weighted by Crippen LogP contribution is -2.27. The molecule has 32 heavy (non-hydrogen) atoms. The van der Waals surface area contributed by atoms with E-state index < -0.39 is 0 Å². The van der Waals surface area contributed by atoms with Crippen LogP contribution >= 0.6 is 11.3 Å². The third-order valence-corrected chi connectivity index (χ3v) is 5.95. The van der Waals surface area contributed by atoms with Crippen molar-refractivity contribution >= 4 is 23.4 Å². The van der Waals surface area contributed by atoms with Crippen LogP contribution in [0.1, 0.15) is 29.8 Å². The van der Waals surface area contributed by atoms with Gasteiger partial charge in [-0.2, -0.15) is 0 Å². The summed E-state index contributed by atoms with van der Waals surface area (Å²) in [5, 5.41) is 18.2. The van der Waals surface area contributed by atoms with Gasteiger partial charge in [0, 0.05) is 36.7 Å². The Kier molecular flexibility index (Phi) is 7.45. The van der Waals surface area contributed by atoms with Crippen molar-refractivity contribution in [2.24, 2.45) is 22.4 Å². The molecule has 1 aromatic rings. The molecule has 9 heteroatoms. The van der Waals surface area contributed by atoms with Crippen LogP contribution in [0.2, 0.25) is 0 Å². The minimum Gasteiger partial charge on any atom is -0.394 e. The molecule has 0 aromatic carbocycles. The molecule has 0 saturated heterocycles. The van der Waals surface area contributed by atoms with Crippen LogP contribution in [0.15, 0.2) is 81.8 Å². The van der Waals surface area contributed by atoms with Gasteiger partial charge in [-0.1, -0.05) is 13.8 Å². The average molecular weight is 451 g/mol. The van der Waals surface area contributed by atoms with Crippen molar-refractivity contribution in [3.05, 3.63) is 86.7 Å². The molecule has 168 valence electrons. The van der Waals surface area contributed by atoms with Gasteiger partial charge in [0.15, 0.2) is 0 Å². The van der Waals surface area contributed by atoms with E-state index in [4.69, 9.17) is 16.9 Å². The second kappa shape index (κ2) is 10.3. The Labute approximate surface area is 192 Å². The molecule has 8 N–H and O–H groups in total. The van der Waals surface area contributed by atoms with Gasteiger partial charge >= 0.3 is 0 Å². The fourth-order valence-electron chi connectivity index (χ4n) is 3.22. The normalized spacial score (nSPS) is 17.9. The van der Waals surface area contributed by atoms with Crippen molar-refractivity contribution in [1.82, 2.24) is 20.9 Å². The summed E-state index contributed by atoms with van der Waals surface area (Å²) in [7, 11) is 1.85. The lowest BCUT2D eigenvalue weighted by atomic mass is 9.96. The summed E-state index contributed by atoms with van der Waals surface area (Å²) < 4.78 is 0. The zero-order chi connectivity index (χ0) is 23.3. The van der Waals surface area contributed by atoms with E-state index in [2.05, 4.69) is 25.9 Å². The Morgan fingerprint density at radius 2 is 2.09 bits per heavy atom. The van der Waals surface area contributed by atoms with Crippen molar-refractivity contribution in [3.8, 4) is 0 Å². The fourth-order valence-corrected chi connectivity index (χ4v) is 4.03. The smallest absolute Gasteiger partial charge is 0.132 e. The number of aryl methyl sites for hydroxylation is 1. The lowest BCUT2D eigenvalue weighted by molar-refractivity contribution is 0.806. The van der Waals surface area contributed by atoms with Crippen molar-refractivity contribution < 1.29 is 0 Å². The maximum atomic E-state index is 7.53. The molecule has 3 rings (SSSR count). The average Bonchev–Trinajstić information content (AvgIpc) is 3.21. The first-order valence-corrected chi connectivity index (χ1v) is 11.1. The van der Waals surface area contributed by atoms with Gasteiger partial charge in [-0.25, -0.2) is 9.98 Å². The lowest BCUT2D eigenvalue weighted by Gasteiger charge is -2.25. The van der Waals surface area contributed by atoms with Gasteiger partial charge in [-0.15, -0.1) is 11.3 Å². The fraction of sp³-hybridized carbons (Fsp3) is 0.261. The molecule has 2 aliphatic rings. The van der Waals surface area contributed by atoms with Gasteiger partial charge in [0.1, 0.15) is 11.7 Å². The molecular weight excluding hydrogens is 420 g/mol. The first-order chi connectivity index (χ1) is 15.3. The summed E-state index contributed by atoms with van der Waals surface area (Å²) in [5.74, 6) is 1.15. The number of thiazole rings is 1. The van der Waals surface area contributed by atoms with Gasteiger partial charge in [0.05, 0.1) is 22.4 Å². The third kappa shape index (κ3) is 5.43. The number of allylic oxidation sites excluding steroid dienone is 4. The number of hydrogen-bond acceptors (Lipinski definition) is 8. The second-order valence-electron chi connectivity index (χ2n) is 7.69. The standard InChI is InChI=1S/C23H30N8S/c1-13(2)15(9-24)8-21(25)31-22-6-5-18-19(30-22)7-16(10-29-18)17(11-27-4)23(26)20-12-28-14(3)32-20/h5-13,23-24,27,29-30H,26H2,1-4H3,(H2,25,31)/b15-8?,17-11-,24-9?. The van der Waals surface area contributed by atoms with Crippen LogP contribution in [0.25, 0.3) is 0 Å². The number of rotatable bonds is 8. The summed E-state index contributed by atoms with van der Waals surface area (Å²) >= 11 is 1.59. The molecule has 1 atom stereocenters. The molecule has 0 saturated carbocycles.